The van der Waals surface area contributed by atoms with Gasteiger partial charge in [-0.25, -0.2) is 0 Å². The summed E-state index contributed by atoms with van der Waals surface area (Å²) in [5.41, 5.74) is 23.7. The lowest BCUT2D eigenvalue weighted by Crippen LogP contribution is -2.21. The minimum atomic E-state index is 0.531. The molecule has 9 rings (SSSR count). The Balaban J connectivity index is 1.04. The summed E-state index contributed by atoms with van der Waals surface area (Å²) in [5.74, 6) is 0. The van der Waals surface area contributed by atoms with E-state index in [1.807, 2.05) is 30.3 Å². The fourth-order valence-electron chi connectivity index (χ4n) is 7.58. The number of para-hydroxylation sites is 2. The number of benzene rings is 7. The van der Waals surface area contributed by atoms with Crippen LogP contribution in [0.15, 0.2) is 175 Å². The second kappa shape index (κ2) is 13.2. The zero-order valence-electron chi connectivity index (χ0n) is 29.1. The minimum absolute atomic E-state index is 0.531. The number of aromatic amines is 1. The van der Waals surface area contributed by atoms with E-state index in [1.165, 1.54) is 49.7 Å². The van der Waals surface area contributed by atoms with Crippen molar-refractivity contribution in [3.63, 3.8) is 0 Å². The summed E-state index contributed by atoms with van der Waals surface area (Å²) in [7, 11) is 0. The number of hydrogen-bond donors (Lipinski definition) is 2. The first-order valence-electron chi connectivity index (χ1n) is 17.8. The SMILES string of the molecule is Cc1ccc(/C(N)=C/C(=N\Cc2ccc(N3Cc4c(ccc5c4[nH]c4ccccc45)-c4ccccc43)cc2)c2ccccc2)c(-c2ccccc2)c1. The fourth-order valence-corrected chi connectivity index (χ4v) is 7.58. The molecule has 1 aliphatic heterocycles. The molecular formula is C48H38N4. The number of fused-ring (bicyclic) bond motifs is 7. The first-order valence-corrected chi connectivity index (χ1v) is 17.8. The molecule has 0 fully saturated rings. The Bertz CT molecular complexity index is 2630. The molecule has 0 atom stereocenters. The maximum Gasteiger partial charge on any atom is 0.0671 e. The Kier molecular flexibility index (Phi) is 7.98. The highest BCUT2D eigenvalue weighted by molar-refractivity contribution is 6.13. The Morgan fingerprint density at radius 2 is 1.42 bits per heavy atom. The van der Waals surface area contributed by atoms with Gasteiger partial charge in [-0.05, 0) is 65.1 Å². The van der Waals surface area contributed by atoms with Crippen molar-refractivity contribution >= 4 is 44.6 Å². The van der Waals surface area contributed by atoms with E-state index in [0.717, 1.165) is 45.8 Å². The molecule has 0 aliphatic carbocycles. The highest BCUT2D eigenvalue weighted by atomic mass is 15.1. The molecule has 7 aromatic carbocycles. The van der Waals surface area contributed by atoms with E-state index in [2.05, 4.69) is 156 Å². The van der Waals surface area contributed by atoms with E-state index in [1.54, 1.807) is 0 Å². The number of hydrogen-bond acceptors (Lipinski definition) is 3. The van der Waals surface area contributed by atoms with Gasteiger partial charge in [-0.2, -0.15) is 0 Å². The molecular weight excluding hydrogens is 633 g/mol. The maximum atomic E-state index is 6.89. The van der Waals surface area contributed by atoms with E-state index >= 15 is 0 Å². The molecule has 0 spiro atoms. The van der Waals surface area contributed by atoms with Crippen molar-refractivity contribution in [2.24, 2.45) is 10.7 Å². The molecule has 4 nitrogen and oxygen atoms in total. The molecule has 8 aromatic rings. The highest BCUT2D eigenvalue weighted by Gasteiger charge is 2.25. The molecule has 0 saturated carbocycles. The largest absolute Gasteiger partial charge is 0.398 e. The van der Waals surface area contributed by atoms with Gasteiger partial charge in [0.25, 0.3) is 0 Å². The number of rotatable bonds is 7. The standard InChI is InChI=1S/C48H38N4/c1-32-20-25-38(42(28-32)34-12-4-2-5-13-34)44(49)29-46(35-14-6-3-7-15-35)50-30-33-21-23-36(24-22-33)52-31-43-37(40-17-9-11-19-47(40)52)26-27-41-39-16-8-10-18-45(39)51-48(41)43/h2-29,51H,30-31,49H2,1H3/b44-29-,50-46+. The summed E-state index contributed by atoms with van der Waals surface area (Å²) in [6.45, 7) is 3.42. The number of anilines is 2. The summed E-state index contributed by atoms with van der Waals surface area (Å²) in [4.78, 5) is 11.3. The van der Waals surface area contributed by atoms with E-state index in [9.17, 15) is 0 Å². The second-order valence-corrected chi connectivity index (χ2v) is 13.5. The van der Waals surface area contributed by atoms with Gasteiger partial charge in [0.2, 0.25) is 0 Å². The van der Waals surface area contributed by atoms with Crippen LogP contribution in [-0.2, 0) is 13.1 Å². The Labute approximate surface area is 304 Å². The number of H-pyrrole nitrogens is 1. The van der Waals surface area contributed by atoms with Gasteiger partial charge in [0.1, 0.15) is 0 Å². The number of aryl methyl sites for hydroxylation is 1. The van der Waals surface area contributed by atoms with Crippen LogP contribution in [0.1, 0.15) is 27.8 Å². The van der Waals surface area contributed by atoms with Crippen LogP contribution in [0.2, 0.25) is 0 Å². The third-order valence-electron chi connectivity index (χ3n) is 10.2. The van der Waals surface area contributed by atoms with Crippen molar-refractivity contribution < 1.29 is 0 Å². The van der Waals surface area contributed by atoms with Crippen molar-refractivity contribution in [2.75, 3.05) is 4.90 Å². The number of nitrogens with one attached hydrogen (secondary N) is 1. The lowest BCUT2D eigenvalue weighted by atomic mass is 9.91. The molecule has 3 N–H and O–H groups in total. The van der Waals surface area contributed by atoms with Crippen molar-refractivity contribution in [3.05, 3.63) is 198 Å². The highest BCUT2D eigenvalue weighted by Crippen LogP contribution is 2.45. The molecule has 0 unspecified atom stereocenters. The molecule has 4 heteroatoms. The van der Waals surface area contributed by atoms with Crippen LogP contribution < -0.4 is 10.6 Å². The molecule has 52 heavy (non-hydrogen) atoms. The van der Waals surface area contributed by atoms with Crippen molar-refractivity contribution in [3.8, 4) is 22.3 Å². The summed E-state index contributed by atoms with van der Waals surface area (Å²) >= 11 is 0. The fraction of sp³-hybridized carbons (Fsp3) is 0.0625. The van der Waals surface area contributed by atoms with Crippen LogP contribution in [0.25, 0.3) is 49.8 Å². The molecule has 2 heterocycles. The third kappa shape index (κ3) is 5.74. The van der Waals surface area contributed by atoms with Crippen LogP contribution in [0, 0.1) is 6.92 Å². The normalized spacial score (nSPS) is 13.0. The molecule has 0 radical (unpaired) electrons. The lowest BCUT2D eigenvalue weighted by molar-refractivity contribution is 0.965. The zero-order chi connectivity index (χ0) is 35.0. The topological polar surface area (TPSA) is 57.4 Å². The van der Waals surface area contributed by atoms with E-state index in [-0.39, 0.29) is 0 Å². The van der Waals surface area contributed by atoms with Gasteiger partial charge in [-0.3, -0.25) is 4.99 Å². The predicted molar refractivity (Wildman–Crippen MR) is 219 cm³/mol. The van der Waals surface area contributed by atoms with Crippen LogP contribution in [0.4, 0.5) is 11.4 Å². The predicted octanol–water partition coefficient (Wildman–Crippen LogP) is 11.6. The number of aliphatic imine (C=N–C) groups is 1. The number of aromatic nitrogens is 1. The molecule has 1 aliphatic rings. The average Bonchev–Trinajstić information content (AvgIpc) is 3.59. The molecule has 0 bridgehead atoms. The summed E-state index contributed by atoms with van der Waals surface area (Å²) in [5, 5.41) is 2.53. The monoisotopic (exact) mass is 670 g/mol. The number of nitrogens with two attached hydrogens (primary N) is 1. The number of allylic oxidation sites excluding steroid dienone is 1. The van der Waals surface area contributed by atoms with E-state index in [4.69, 9.17) is 10.7 Å². The van der Waals surface area contributed by atoms with Gasteiger partial charge in [0, 0.05) is 50.1 Å². The first kappa shape index (κ1) is 31.3. The first-order chi connectivity index (χ1) is 25.6. The smallest absolute Gasteiger partial charge is 0.0671 e. The van der Waals surface area contributed by atoms with Crippen LogP contribution in [0.5, 0.6) is 0 Å². The quantitative estimate of drug-likeness (QED) is 0.166. The van der Waals surface area contributed by atoms with Gasteiger partial charge in [-0.15, -0.1) is 0 Å². The van der Waals surface area contributed by atoms with Gasteiger partial charge in [0.05, 0.1) is 24.3 Å². The number of nitrogens with zero attached hydrogens (tertiary/aromatic N) is 2. The summed E-state index contributed by atoms with van der Waals surface area (Å²) < 4.78 is 0. The second-order valence-electron chi connectivity index (χ2n) is 13.5. The summed E-state index contributed by atoms with van der Waals surface area (Å²) in [6.07, 6.45) is 2.02. The average molecular weight is 671 g/mol. The van der Waals surface area contributed by atoms with Crippen molar-refractivity contribution in [2.45, 2.75) is 20.0 Å². The minimum Gasteiger partial charge on any atom is -0.398 e. The lowest BCUT2D eigenvalue weighted by Gasteiger charge is -2.33. The van der Waals surface area contributed by atoms with E-state index in [0.29, 0.717) is 12.2 Å². The Morgan fingerprint density at radius 1 is 0.692 bits per heavy atom. The summed E-state index contributed by atoms with van der Waals surface area (Å²) in [6, 6.07) is 57.9. The van der Waals surface area contributed by atoms with Gasteiger partial charge >= 0.3 is 0 Å². The van der Waals surface area contributed by atoms with Crippen LogP contribution in [0.3, 0.4) is 0 Å². The van der Waals surface area contributed by atoms with Gasteiger partial charge in [-0.1, -0.05) is 145 Å². The molecule has 250 valence electrons. The van der Waals surface area contributed by atoms with Gasteiger partial charge < -0.3 is 15.6 Å². The molecule has 0 saturated heterocycles. The van der Waals surface area contributed by atoms with Crippen molar-refractivity contribution in [1.82, 2.24) is 4.98 Å². The third-order valence-corrected chi connectivity index (χ3v) is 10.2. The van der Waals surface area contributed by atoms with E-state index < -0.39 is 0 Å². The van der Waals surface area contributed by atoms with Crippen LogP contribution >= 0.6 is 0 Å². The zero-order valence-corrected chi connectivity index (χ0v) is 29.1. The Hall–Kier alpha value is -6.65. The van der Waals surface area contributed by atoms with Crippen LogP contribution in [-0.4, -0.2) is 10.7 Å². The Morgan fingerprint density at radius 3 is 2.25 bits per heavy atom. The molecule has 1 aromatic heterocycles. The molecule has 0 amide bonds. The van der Waals surface area contributed by atoms with Crippen molar-refractivity contribution in [1.29, 1.82) is 0 Å². The van der Waals surface area contributed by atoms with Gasteiger partial charge in [0.15, 0.2) is 0 Å². The maximum absolute atomic E-state index is 6.89.